The van der Waals surface area contributed by atoms with Crippen molar-refractivity contribution in [2.75, 3.05) is 18.6 Å². The van der Waals surface area contributed by atoms with Crippen LogP contribution in [0.3, 0.4) is 0 Å². The number of Topliss-reactive ketones (excluding diaryl/α,β-unsaturated/α-hetero) is 1. The van der Waals surface area contributed by atoms with E-state index in [1.807, 2.05) is 13.0 Å². The zero-order valence-electron chi connectivity index (χ0n) is 24.6. The third kappa shape index (κ3) is 5.52. The molecule has 0 radical (unpaired) electrons. The fraction of sp³-hybridized carbons (Fsp3) is 0.286. The summed E-state index contributed by atoms with van der Waals surface area (Å²) >= 11 is 3.51. The summed E-state index contributed by atoms with van der Waals surface area (Å²) in [5.74, 6) is -0.801. The predicted octanol–water partition coefficient (Wildman–Crippen LogP) is 6.95. The SMILES string of the molecule is COc1cccc(C(=O)COC(=O)c2cc(-c3ccc(N4C(=O)C5CCC(C)CC5C4=O)cc3)nc3c(C)cc(Br)cc23)c1. The lowest BCUT2D eigenvalue weighted by atomic mass is 9.76. The number of amides is 2. The van der Waals surface area contributed by atoms with Gasteiger partial charge in [0.05, 0.1) is 41.4 Å². The highest BCUT2D eigenvalue weighted by Gasteiger charge is 2.49. The quantitative estimate of drug-likeness (QED) is 0.121. The molecule has 2 heterocycles. The van der Waals surface area contributed by atoms with Crippen molar-refractivity contribution in [1.82, 2.24) is 4.98 Å². The van der Waals surface area contributed by atoms with Gasteiger partial charge in [-0.15, -0.1) is 0 Å². The second-order valence-electron chi connectivity index (χ2n) is 11.6. The lowest BCUT2D eigenvalue weighted by molar-refractivity contribution is -0.122. The minimum atomic E-state index is -0.658. The van der Waals surface area contributed by atoms with E-state index in [0.717, 1.165) is 29.3 Å². The van der Waals surface area contributed by atoms with E-state index in [-0.39, 0.29) is 35.0 Å². The Hall–Kier alpha value is -4.37. The van der Waals surface area contributed by atoms with Gasteiger partial charge in [0.1, 0.15) is 5.75 Å². The monoisotopic (exact) mass is 654 g/mol. The van der Waals surface area contributed by atoms with Crippen molar-refractivity contribution in [2.24, 2.45) is 17.8 Å². The second kappa shape index (κ2) is 12.0. The number of carbonyl (C=O) groups excluding carboxylic acids is 4. The Morgan fingerprint density at radius 2 is 1.73 bits per heavy atom. The van der Waals surface area contributed by atoms with E-state index in [2.05, 4.69) is 22.9 Å². The lowest BCUT2D eigenvalue weighted by Crippen LogP contribution is -2.30. The Morgan fingerprint density at radius 3 is 2.48 bits per heavy atom. The number of hydrogen-bond donors (Lipinski definition) is 0. The molecule has 2 fully saturated rings. The number of nitrogens with zero attached hydrogens (tertiary/aromatic N) is 2. The van der Waals surface area contributed by atoms with Crippen LogP contribution in [0.25, 0.3) is 22.2 Å². The Kier molecular flexibility index (Phi) is 8.07. The number of pyridine rings is 1. The van der Waals surface area contributed by atoms with Gasteiger partial charge >= 0.3 is 5.97 Å². The van der Waals surface area contributed by atoms with Crippen LogP contribution in [0.2, 0.25) is 0 Å². The molecule has 1 saturated carbocycles. The average molecular weight is 656 g/mol. The molecule has 1 aliphatic heterocycles. The van der Waals surface area contributed by atoms with E-state index < -0.39 is 12.6 Å². The number of carbonyl (C=O) groups is 4. The Morgan fingerprint density at radius 1 is 0.977 bits per heavy atom. The van der Waals surface area contributed by atoms with Crippen molar-refractivity contribution in [3.8, 4) is 17.0 Å². The maximum Gasteiger partial charge on any atom is 0.339 e. The maximum atomic E-state index is 13.4. The van der Waals surface area contributed by atoms with Gasteiger partial charge in [0.25, 0.3) is 0 Å². The Bertz CT molecular complexity index is 1820. The first-order valence-corrected chi connectivity index (χ1v) is 15.4. The smallest absolute Gasteiger partial charge is 0.339 e. The highest BCUT2D eigenvalue weighted by molar-refractivity contribution is 9.10. The van der Waals surface area contributed by atoms with Gasteiger partial charge in [-0.2, -0.15) is 0 Å². The molecular formula is C35H31BrN2O6. The molecule has 2 aliphatic rings. The third-order valence-corrected chi connectivity index (χ3v) is 9.08. The normalized spacial score (nSPS) is 19.6. The largest absolute Gasteiger partial charge is 0.497 e. The Balaban J connectivity index is 1.29. The van der Waals surface area contributed by atoms with Crippen molar-refractivity contribution in [1.29, 1.82) is 0 Å². The average Bonchev–Trinajstić information content (AvgIpc) is 3.27. The summed E-state index contributed by atoms with van der Waals surface area (Å²) in [7, 11) is 1.51. The lowest BCUT2D eigenvalue weighted by Gasteiger charge is -2.25. The number of aromatic nitrogens is 1. The van der Waals surface area contributed by atoms with Crippen LogP contribution in [0.1, 0.15) is 52.5 Å². The number of methoxy groups -OCH3 is 1. The summed E-state index contributed by atoms with van der Waals surface area (Å²) in [6.45, 7) is 3.59. The summed E-state index contributed by atoms with van der Waals surface area (Å²) in [4.78, 5) is 58.8. The van der Waals surface area contributed by atoms with Gasteiger partial charge in [-0.05, 0) is 80.1 Å². The Labute approximate surface area is 263 Å². The number of rotatable bonds is 7. The van der Waals surface area contributed by atoms with Crippen LogP contribution in [-0.2, 0) is 14.3 Å². The minimum Gasteiger partial charge on any atom is -0.497 e. The van der Waals surface area contributed by atoms with Gasteiger partial charge < -0.3 is 9.47 Å². The van der Waals surface area contributed by atoms with Gasteiger partial charge in [-0.1, -0.05) is 47.1 Å². The van der Waals surface area contributed by atoms with E-state index in [4.69, 9.17) is 14.5 Å². The highest BCUT2D eigenvalue weighted by Crippen LogP contribution is 2.42. The van der Waals surface area contributed by atoms with Gasteiger partial charge in [0, 0.05) is 21.0 Å². The zero-order chi connectivity index (χ0) is 31.1. The number of fused-ring (bicyclic) bond motifs is 2. The fourth-order valence-electron chi connectivity index (χ4n) is 6.29. The van der Waals surface area contributed by atoms with Crippen LogP contribution in [0.15, 0.2) is 71.2 Å². The predicted molar refractivity (Wildman–Crippen MR) is 170 cm³/mol. The molecule has 0 bridgehead atoms. The summed E-state index contributed by atoms with van der Waals surface area (Å²) < 4.78 is 11.5. The zero-order valence-corrected chi connectivity index (χ0v) is 26.2. The van der Waals surface area contributed by atoms with Gasteiger partial charge in [0.15, 0.2) is 12.4 Å². The molecule has 0 spiro atoms. The van der Waals surface area contributed by atoms with Crippen molar-refractivity contribution < 1.29 is 28.7 Å². The molecule has 0 N–H and O–H groups in total. The standard InChI is InChI=1S/C35H31BrN2O6/c1-19-7-12-26-28(13-19)34(41)38(33(26)40)24-10-8-21(9-11-24)30-17-29(27-16-23(36)14-20(2)32(27)37-30)35(42)44-18-31(39)22-5-4-6-25(15-22)43-3/h4-6,8-11,14-17,19,26,28H,7,12-13,18H2,1-3H3. The molecule has 224 valence electrons. The number of hydrogen-bond acceptors (Lipinski definition) is 7. The van der Waals surface area contributed by atoms with Gasteiger partial charge in [0.2, 0.25) is 11.8 Å². The van der Waals surface area contributed by atoms with E-state index in [1.165, 1.54) is 12.0 Å². The maximum absolute atomic E-state index is 13.4. The van der Waals surface area contributed by atoms with E-state index >= 15 is 0 Å². The van der Waals surface area contributed by atoms with Crippen LogP contribution in [0.5, 0.6) is 5.75 Å². The number of halogens is 1. The first kappa shape index (κ1) is 29.7. The van der Waals surface area contributed by atoms with Crippen LogP contribution in [0, 0.1) is 24.7 Å². The fourth-order valence-corrected chi connectivity index (χ4v) is 6.86. The van der Waals surface area contributed by atoms with Crippen molar-refractivity contribution in [2.45, 2.75) is 33.1 Å². The molecule has 1 aliphatic carbocycles. The first-order chi connectivity index (χ1) is 21.1. The molecule has 1 saturated heterocycles. The summed E-state index contributed by atoms with van der Waals surface area (Å²) in [5.41, 5.74) is 3.84. The number of ketones is 1. The van der Waals surface area contributed by atoms with E-state index in [9.17, 15) is 19.2 Å². The van der Waals surface area contributed by atoms with Crippen LogP contribution in [0.4, 0.5) is 5.69 Å². The summed E-state index contributed by atoms with van der Waals surface area (Å²) in [6, 6.07) is 19.1. The molecule has 1 aromatic heterocycles. The molecule has 4 aromatic rings. The van der Waals surface area contributed by atoms with Crippen LogP contribution in [-0.4, -0.2) is 42.3 Å². The summed E-state index contributed by atoms with van der Waals surface area (Å²) in [5, 5.41) is 0.584. The van der Waals surface area contributed by atoms with E-state index in [0.29, 0.717) is 45.1 Å². The number of anilines is 1. The van der Waals surface area contributed by atoms with Gasteiger partial charge in [-0.25, -0.2) is 9.78 Å². The first-order valence-electron chi connectivity index (χ1n) is 14.6. The molecule has 3 unspecified atom stereocenters. The molecule has 8 nitrogen and oxygen atoms in total. The molecule has 3 atom stereocenters. The van der Waals surface area contributed by atoms with Crippen LogP contribution < -0.4 is 9.64 Å². The topological polar surface area (TPSA) is 103 Å². The van der Waals surface area contributed by atoms with Crippen LogP contribution >= 0.6 is 15.9 Å². The third-order valence-electron chi connectivity index (χ3n) is 8.62. The number of imide groups is 1. The number of benzene rings is 3. The molecule has 6 rings (SSSR count). The number of ether oxygens (including phenoxy) is 2. The van der Waals surface area contributed by atoms with Gasteiger partial charge in [-0.3, -0.25) is 19.3 Å². The summed E-state index contributed by atoms with van der Waals surface area (Å²) in [6.07, 6.45) is 2.44. The molecule has 2 amide bonds. The molecule has 44 heavy (non-hydrogen) atoms. The van der Waals surface area contributed by atoms with Crippen molar-refractivity contribution in [3.05, 3.63) is 87.9 Å². The second-order valence-corrected chi connectivity index (χ2v) is 12.5. The number of esters is 1. The molecular weight excluding hydrogens is 624 g/mol. The van der Waals surface area contributed by atoms with E-state index in [1.54, 1.807) is 60.7 Å². The highest BCUT2D eigenvalue weighted by atomic mass is 79.9. The number of aryl methyl sites for hydroxylation is 1. The minimum absolute atomic E-state index is 0.127. The van der Waals surface area contributed by atoms with Crippen molar-refractivity contribution in [3.63, 3.8) is 0 Å². The van der Waals surface area contributed by atoms with Crippen molar-refractivity contribution >= 4 is 56.1 Å². The molecule has 3 aromatic carbocycles. The molecule has 9 heteroatoms.